The lowest BCUT2D eigenvalue weighted by molar-refractivity contribution is 0.382. The van der Waals surface area contributed by atoms with Gasteiger partial charge in [0, 0.05) is 25.8 Å². The Hall–Kier alpha value is -1.09. The van der Waals surface area contributed by atoms with Crippen LogP contribution in [-0.4, -0.2) is 20.6 Å². The molecule has 1 aliphatic rings. The molecule has 1 N–H and O–H groups in total. The van der Waals surface area contributed by atoms with E-state index >= 15 is 0 Å². The summed E-state index contributed by atoms with van der Waals surface area (Å²) in [6.07, 6.45) is 1.10. The highest BCUT2D eigenvalue weighted by Gasteiger charge is 2.22. The molecule has 1 aromatic carbocycles. The molecule has 14 heavy (non-hydrogen) atoms. The fourth-order valence-electron chi connectivity index (χ4n) is 1.77. The van der Waals surface area contributed by atoms with Gasteiger partial charge in [-0.15, -0.1) is 0 Å². The quantitative estimate of drug-likeness (QED) is 0.773. The van der Waals surface area contributed by atoms with Crippen LogP contribution in [0.15, 0.2) is 18.2 Å². The van der Waals surface area contributed by atoms with Gasteiger partial charge in [0.1, 0.15) is 5.82 Å². The number of anilines is 1. The SMILES string of the molecule is CN(C)c1ccc(F)cc1C1CCN1. The van der Waals surface area contributed by atoms with Gasteiger partial charge in [-0.25, -0.2) is 4.39 Å². The predicted molar refractivity (Wildman–Crippen MR) is 56.1 cm³/mol. The predicted octanol–water partition coefficient (Wildman–Crippen LogP) is 1.93. The molecule has 3 heteroatoms. The molecule has 1 saturated heterocycles. The van der Waals surface area contributed by atoms with Crippen LogP contribution in [0.2, 0.25) is 0 Å². The number of halogens is 1. The molecule has 1 atom stereocenters. The first-order valence-electron chi connectivity index (χ1n) is 4.88. The largest absolute Gasteiger partial charge is 0.377 e. The Morgan fingerprint density at radius 3 is 2.64 bits per heavy atom. The minimum Gasteiger partial charge on any atom is -0.377 e. The first-order valence-corrected chi connectivity index (χ1v) is 4.88. The second-order valence-corrected chi connectivity index (χ2v) is 3.89. The van der Waals surface area contributed by atoms with Crippen LogP contribution in [0, 0.1) is 5.82 Å². The summed E-state index contributed by atoms with van der Waals surface area (Å²) in [5, 5.41) is 3.29. The molecule has 0 spiro atoms. The minimum absolute atomic E-state index is 0.153. The third-order valence-electron chi connectivity index (χ3n) is 2.67. The summed E-state index contributed by atoms with van der Waals surface area (Å²) in [4.78, 5) is 2.02. The number of benzene rings is 1. The zero-order valence-corrected chi connectivity index (χ0v) is 8.55. The Bertz CT molecular complexity index is 332. The van der Waals surface area contributed by atoms with Crippen molar-refractivity contribution in [3.8, 4) is 0 Å². The van der Waals surface area contributed by atoms with Crippen LogP contribution in [0.5, 0.6) is 0 Å². The zero-order valence-electron chi connectivity index (χ0n) is 8.55. The average Bonchev–Trinajstić information content (AvgIpc) is 2.00. The Labute approximate surface area is 83.7 Å². The van der Waals surface area contributed by atoms with Crippen LogP contribution in [0.1, 0.15) is 18.0 Å². The molecule has 0 amide bonds. The summed E-state index contributed by atoms with van der Waals surface area (Å²) in [5.41, 5.74) is 2.17. The van der Waals surface area contributed by atoms with Gasteiger partial charge in [-0.05, 0) is 36.7 Å². The van der Waals surface area contributed by atoms with Gasteiger partial charge in [0.05, 0.1) is 0 Å². The maximum absolute atomic E-state index is 13.1. The fraction of sp³-hybridized carbons (Fsp3) is 0.455. The maximum Gasteiger partial charge on any atom is 0.123 e. The van der Waals surface area contributed by atoms with E-state index < -0.39 is 0 Å². The first-order chi connectivity index (χ1) is 6.68. The Morgan fingerprint density at radius 2 is 2.14 bits per heavy atom. The molecule has 0 bridgehead atoms. The standard InChI is InChI=1S/C11H15FN2/c1-14(2)11-4-3-8(12)7-9(11)10-5-6-13-10/h3-4,7,10,13H,5-6H2,1-2H3. The molecule has 76 valence electrons. The average molecular weight is 194 g/mol. The molecular formula is C11H15FN2. The van der Waals surface area contributed by atoms with E-state index in [-0.39, 0.29) is 5.82 Å². The molecule has 0 radical (unpaired) electrons. The van der Waals surface area contributed by atoms with Gasteiger partial charge in [0.2, 0.25) is 0 Å². The third kappa shape index (κ3) is 1.60. The molecule has 1 aromatic rings. The molecule has 1 fully saturated rings. The number of nitrogens with zero attached hydrogens (tertiary/aromatic N) is 1. The van der Waals surface area contributed by atoms with E-state index in [1.807, 2.05) is 25.1 Å². The molecule has 2 nitrogen and oxygen atoms in total. The van der Waals surface area contributed by atoms with E-state index in [1.165, 1.54) is 6.07 Å². The van der Waals surface area contributed by atoms with E-state index in [9.17, 15) is 4.39 Å². The van der Waals surface area contributed by atoms with Crippen molar-refractivity contribution in [2.45, 2.75) is 12.5 Å². The van der Waals surface area contributed by atoms with Gasteiger partial charge < -0.3 is 10.2 Å². The second kappa shape index (κ2) is 3.58. The van der Waals surface area contributed by atoms with E-state index in [0.717, 1.165) is 24.2 Å². The van der Waals surface area contributed by atoms with E-state index in [4.69, 9.17) is 0 Å². The fourth-order valence-corrected chi connectivity index (χ4v) is 1.77. The van der Waals surface area contributed by atoms with E-state index in [1.54, 1.807) is 6.07 Å². The summed E-state index contributed by atoms with van der Waals surface area (Å²) in [7, 11) is 3.96. The van der Waals surface area contributed by atoms with Crippen molar-refractivity contribution in [1.82, 2.24) is 5.32 Å². The second-order valence-electron chi connectivity index (χ2n) is 3.89. The molecule has 0 aromatic heterocycles. The monoisotopic (exact) mass is 194 g/mol. The summed E-state index contributed by atoms with van der Waals surface area (Å²) < 4.78 is 13.1. The summed E-state index contributed by atoms with van der Waals surface area (Å²) in [6, 6.07) is 5.32. The van der Waals surface area contributed by atoms with Crippen molar-refractivity contribution < 1.29 is 4.39 Å². The molecule has 2 rings (SSSR count). The summed E-state index contributed by atoms with van der Waals surface area (Å²) in [5.74, 6) is -0.153. The normalized spacial score (nSPS) is 20.4. The van der Waals surface area contributed by atoms with Crippen LogP contribution in [0.25, 0.3) is 0 Å². The van der Waals surface area contributed by atoms with Crippen molar-refractivity contribution in [3.63, 3.8) is 0 Å². The molecule has 1 aliphatic heterocycles. The molecule has 1 heterocycles. The van der Waals surface area contributed by atoms with Crippen molar-refractivity contribution in [1.29, 1.82) is 0 Å². The van der Waals surface area contributed by atoms with Crippen molar-refractivity contribution in [2.75, 3.05) is 25.5 Å². The topological polar surface area (TPSA) is 15.3 Å². The molecular weight excluding hydrogens is 179 g/mol. The minimum atomic E-state index is -0.153. The maximum atomic E-state index is 13.1. The van der Waals surface area contributed by atoms with E-state index in [2.05, 4.69) is 5.32 Å². The Morgan fingerprint density at radius 1 is 1.43 bits per heavy atom. The smallest absolute Gasteiger partial charge is 0.123 e. The number of hydrogen-bond donors (Lipinski definition) is 1. The van der Waals surface area contributed by atoms with Crippen LogP contribution >= 0.6 is 0 Å². The zero-order chi connectivity index (χ0) is 10.1. The lowest BCUT2D eigenvalue weighted by Crippen LogP contribution is -2.36. The van der Waals surface area contributed by atoms with Crippen molar-refractivity contribution >= 4 is 5.69 Å². The summed E-state index contributed by atoms with van der Waals surface area (Å²) in [6.45, 7) is 1.04. The van der Waals surface area contributed by atoms with Gasteiger partial charge in [-0.2, -0.15) is 0 Å². The molecule has 0 aliphatic carbocycles. The highest BCUT2D eigenvalue weighted by Crippen LogP contribution is 2.31. The summed E-state index contributed by atoms with van der Waals surface area (Å²) >= 11 is 0. The Kier molecular flexibility index (Phi) is 2.42. The van der Waals surface area contributed by atoms with Crippen LogP contribution in [0.3, 0.4) is 0 Å². The molecule has 0 saturated carbocycles. The van der Waals surface area contributed by atoms with Crippen LogP contribution in [-0.2, 0) is 0 Å². The van der Waals surface area contributed by atoms with Gasteiger partial charge in [-0.3, -0.25) is 0 Å². The van der Waals surface area contributed by atoms with Gasteiger partial charge in [-0.1, -0.05) is 0 Å². The van der Waals surface area contributed by atoms with Crippen molar-refractivity contribution in [2.24, 2.45) is 0 Å². The number of rotatable bonds is 2. The highest BCUT2D eigenvalue weighted by atomic mass is 19.1. The lowest BCUT2D eigenvalue weighted by atomic mass is 9.96. The Balaban J connectivity index is 2.37. The number of nitrogens with one attached hydrogen (secondary N) is 1. The van der Waals surface area contributed by atoms with Crippen LogP contribution in [0.4, 0.5) is 10.1 Å². The van der Waals surface area contributed by atoms with E-state index in [0.29, 0.717) is 6.04 Å². The third-order valence-corrected chi connectivity index (χ3v) is 2.67. The van der Waals surface area contributed by atoms with Crippen molar-refractivity contribution in [3.05, 3.63) is 29.6 Å². The van der Waals surface area contributed by atoms with Gasteiger partial charge in [0.15, 0.2) is 0 Å². The van der Waals surface area contributed by atoms with Crippen LogP contribution < -0.4 is 10.2 Å². The molecule has 1 unspecified atom stereocenters. The van der Waals surface area contributed by atoms with Gasteiger partial charge >= 0.3 is 0 Å². The van der Waals surface area contributed by atoms with Gasteiger partial charge in [0.25, 0.3) is 0 Å². The highest BCUT2D eigenvalue weighted by molar-refractivity contribution is 5.54. The number of hydrogen-bond acceptors (Lipinski definition) is 2. The first kappa shape index (κ1) is 9.46. The lowest BCUT2D eigenvalue weighted by Gasteiger charge is -2.31.